The van der Waals surface area contributed by atoms with Crippen LogP contribution in [0, 0.1) is 5.92 Å². The van der Waals surface area contributed by atoms with Crippen LogP contribution in [-0.4, -0.2) is 39.2 Å². The number of carbonyl (C=O) groups excluding carboxylic acids is 2. The molecule has 7 heteroatoms. The van der Waals surface area contributed by atoms with Crippen LogP contribution in [0.25, 0.3) is 0 Å². The van der Waals surface area contributed by atoms with Crippen molar-refractivity contribution in [3.63, 3.8) is 0 Å². The van der Waals surface area contributed by atoms with Crippen molar-refractivity contribution in [1.82, 2.24) is 10.6 Å². The molecule has 2 aromatic carbocycles. The molecule has 0 fully saturated rings. The Bertz CT molecular complexity index is 946. The van der Waals surface area contributed by atoms with Gasteiger partial charge in [-0.05, 0) is 48.4 Å². The lowest BCUT2D eigenvalue weighted by Crippen LogP contribution is -2.46. The Morgan fingerprint density at radius 1 is 0.824 bits per heavy atom. The van der Waals surface area contributed by atoms with E-state index in [2.05, 4.69) is 62.6 Å². The third-order valence-corrected chi connectivity index (χ3v) is 6.11. The maximum Gasteiger partial charge on any atom is 0.252 e. The van der Waals surface area contributed by atoms with E-state index in [9.17, 15) is 9.59 Å². The van der Waals surface area contributed by atoms with Crippen molar-refractivity contribution in [2.24, 2.45) is 5.92 Å². The third kappa shape index (κ3) is 6.43. The summed E-state index contributed by atoms with van der Waals surface area (Å²) in [7, 11) is 4.46. The van der Waals surface area contributed by atoms with Gasteiger partial charge in [0, 0.05) is 5.56 Å². The first-order valence-corrected chi connectivity index (χ1v) is 11.7. The minimum absolute atomic E-state index is 0.168. The van der Waals surface area contributed by atoms with Crippen molar-refractivity contribution >= 4 is 11.8 Å². The molecule has 0 aromatic heterocycles. The first kappa shape index (κ1) is 27.0. The van der Waals surface area contributed by atoms with Gasteiger partial charge in [0.05, 0.1) is 27.4 Å². The van der Waals surface area contributed by atoms with Crippen LogP contribution in [0.15, 0.2) is 36.4 Å². The Balaban J connectivity index is 2.14. The van der Waals surface area contributed by atoms with Crippen LogP contribution >= 0.6 is 0 Å². The molecule has 2 N–H and O–H groups in total. The summed E-state index contributed by atoms with van der Waals surface area (Å²) in [6.45, 7) is 10.2. The summed E-state index contributed by atoms with van der Waals surface area (Å²) in [5, 5.41) is 5.85. The van der Waals surface area contributed by atoms with Crippen molar-refractivity contribution in [2.75, 3.05) is 21.3 Å². The third-order valence-electron chi connectivity index (χ3n) is 6.11. The average Bonchev–Trinajstić information content (AvgIpc) is 2.85. The molecule has 0 bridgehead atoms. The second-order valence-corrected chi connectivity index (χ2v) is 8.82. The molecule has 0 saturated carbocycles. The van der Waals surface area contributed by atoms with Crippen LogP contribution in [0.3, 0.4) is 0 Å². The quantitative estimate of drug-likeness (QED) is 0.490. The Hall–Kier alpha value is -3.22. The highest BCUT2D eigenvalue weighted by molar-refractivity contribution is 5.98. The van der Waals surface area contributed by atoms with E-state index in [4.69, 9.17) is 14.2 Å². The van der Waals surface area contributed by atoms with Gasteiger partial charge in [-0.1, -0.05) is 52.0 Å². The van der Waals surface area contributed by atoms with Crippen LogP contribution in [0.2, 0.25) is 0 Å². The SMILES string of the molecule is CC[C@H](C)c1ccc([C@H](NC(=O)[C@H](C)NC(=O)c2cc(OC)c(OC)c(OC)c2)C(C)C)cc1. The molecule has 186 valence electrons. The lowest BCUT2D eigenvalue weighted by atomic mass is 9.92. The van der Waals surface area contributed by atoms with Crippen LogP contribution < -0.4 is 24.8 Å². The average molecular weight is 471 g/mol. The fraction of sp³-hybridized carbons (Fsp3) is 0.481. The number of amides is 2. The minimum Gasteiger partial charge on any atom is -0.493 e. The Morgan fingerprint density at radius 3 is 1.79 bits per heavy atom. The minimum atomic E-state index is -0.743. The molecule has 0 saturated heterocycles. The maximum atomic E-state index is 13.0. The molecule has 0 unspecified atom stereocenters. The summed E-state index contributed by atoms with van der Waals surface area (Å²) in [5.74, 6) is 1.12. The molecule has 0 heterocycles. The number of hydrogen-bond acceptors (Lipinski definition) is 5. The molecule has 0 spiro atoms. The van der Waals surface area contributed by atoms with E-state index >= 15 is 0 Å². The molecular formula is C27H38N2O5. The van der Waals surface area contributed by atoms with E-state index in [0.717, 1.165) is 12.0 Å². The standard InChI is InChI=1S/C27H38N2O5/c1-9-17(4)19-10-12-20(13-11-19)24(16(2)3)29-26(30)18(5)28-27(31)21-14-22(32-6)25(34-8)23(15-21)33-7/h10-18,24H,9H2,1-8H3,(H,28,31)(H,29,30)/t17-,18-,24+/m0/s1. The van der Waals surface area contributed by atoms with Gasteiger partial charge in [0.15, 0.2) is 11.5 Å². The normalized spacial score (nSPS) is 13.6. The first-order chi connectivity index (χ1) is 16.2. The second-order valence-electron chi connectivity index (χ2n) is 8.82. The van der Waals surface area contributed by atoms with Gasteiger partial charge in [0.25, 0.3) is 5.91 Å². The van der Waals surface area contributed by atoms with Gasteiger partial charge in [-0.3, -0.25) is 9.59 Å². The maximum absolute atomic E-state index is 13.0. The number of hydrogen-bond donors (Lipinski definition) is 2. The lowest BCUT2D eigenvalue weighted by molar-refractivity contribution is -0.123. The summed E-state index contributed by atoms with van der Waals surface area (Å²) in [4.78, 5) is 25.8. The zero-order valence-corrected chi connectivity index (χ0v) is 21.5. The topological polar surface area (TPSA) is 85.9 Å². The van der Waals surface area contributed by atoms with E-state index in [1.165, 1.54) is 26.9 Å². The van der Waals surface area contributed by atoms with Crippen molar-refractivity contribution in [2.45, 2.75) is 59.0 Å². The molecule has 0 aliphatic heterocycles. The zero-order valence-electron chi connectivity index (χ0n) is 21.5. The van der Waals surface area contributed by atoms with Gasteiger partial charge in [0.2, 0.25) is 11.7 Å². The number of rotatable bonds is 11. The van der Waals surface area contributed by atoms with Crippen molar-refractivity contribution in [3.05, 3.63) is 53.1 Å². The Labute approximate surface area is 203 Å². The molecule has 3 atom stereocenters. The van der Waals surface area contributed by atoms with E-state index in [-0.39, 0.29) is 17.9 Å². The van der Waals surface area contributed by atoms with Crippen LogP contribution in [0.1, 0.15) is 74.5 Å². The summed E-state index contributed by atoms with van der Waals surface area (Å²) in [6, 6.07) is 10.6. The molecule has 2 amide bonds. The van der Waals surface area contributed by atoms with Crippen molar-refractivity contribution in [1.29, 1.82) is 0 Å². The fourth-order valence-electron chi connectivity index (χ4n) is 3.74. The molecule has 2 aromatic rings. The largest absolute Gasteiger partial charge is 0.493 e. The van der Waals surface area contributed by atoms with Crippen molar-refractivity contribution < 1.29 is 23.8 Å². The van der Waals surface area contributed by atoms with Gasteiger partial charge in [0.1, 0.15) is 6.04 Å². The first-order valence-electron chi connectivity index (χ1n) is 11.7. The van der Waals surface area contributed by atoms with Gasteiger partial charge in [-0.25, -0.2) is 0 Å². The van der Waals surface area contributed by atoms with Crippen molar-refractivity contribution in [3.8, 4) is 17.2 Å². The lowest BCUT2D eigenvalue weighted by Gasteiger charge is -2.25. The van der Waals surface area contributed by atoms with E-state index < -0.39 is 11.9 Å². The number of methoxy groups -OCH3 is 3. The molecule has 7 nitrogen and oxygen atoms in total. The number of ether oxygens (including phenoxy) is 3. The van der Waals surface area contributed by atoms with Gasteiger partial charge >= 0.3 is 0 Å². The predicted octanol–water partition coefficient (Wildman–Crippen LogP) is 4.86. The molecular weight excluding hydrogens is 432 g/mol. The van der Waals surface area contributed by atoms with E-state index in [1.807, 2.05) is 0 Å². The number of benzene rings is 2. The van der Waals surface area contributed by atoms with Crippen LogP contribution in [-0.2, 0) is 4.79 Å². The smallest absolute Gasteiger partial charge is 0.252 e. The highest BCUT2D eigenvalue weighted by Crippen LogP contribution is 2.38. The van der Waals surface area contributed by atoms with E-state index in [0.29, 0.717) is 28.7 Å². The predicted molar refractivity (Wildman–Crippen MR) is 134 cm³/mol. The highest BCUT2D eigenvalue weighted by atomic mass is 16.5. The van der Waals surface area contributed by atoms with E-state index in [1.54, 1.807) is 19.1 Å². The summed E-state index contributed by atoms with van der Waals surface area (Å²) in [6.07, 6.45) is 1.08. The van der Waals surface area contributed by atoms with Gasteiger partial charge in [-0.15, -0.1) is 0 Å². The summed E-state index contributed by atoms with van der Waals surface area (Å²) >= 11 is 0. The number of nitrogens with one attached hydrogen (secondary N) is 2. The number of carbonyl (C=O) groups is 2. The molecule has 0 aliphatic rings. The Kier molecular flexibility index (Phi) is 9.78. The second kappa shape index (κ2) is 12.3. The molecule has 0 aliphatic carbocycles. The molecule has 0 radical (unpaired) electrons. The fourth-order valence-corrected chi connectivity index (χ4v) is 3.74. The zero-order chi connectivity index (χ0) is 25.4. The Morgan fingerprint density at radius 2 is 1.35 bits per heavy atom. The monoisotopic (exact) mass is 470 g/mol. The molecule has 2 rings (SSSR count). The van der Waals surface area contributed by atoms with Crippen LogP contribution in [0.4, 0.5) is 0 Å². The molecule has 34 heavy (non-hydrogen) atoms. The highest BCUT2D eigenvalue weighted by Gasteiger charge is 2.24. The summed E-state index contributed by atoms with van der Waals surface area (Å²) < 4.78 is 15.9. The van der Waals surface area contributed by atoms with Gasteiger partial charge in [-0.2, -0.15) is 0 Å². The van der Waals surface area contributed by atoms with Gasteiger partial charge < -0.3 is 24.8 Å². The van der Waals surface area contributed by atoms with Crippen LogP contribution in [0.5, 0.6) is 17.2 Å². The summed E-state index contributed by atoms with van der Waals surface area (Å²) in [5.41, 5.74) is 2.62.